The number of rotatable bonds is 3. The molecule has 2 rings (SSSR count). The van der Waals surface area contributed by atoms with Gasteiger partial charge >= 0.3 is 0 Å². The molecule has 1 aromatic carbocycles. The molecule has 0 aromatic heterocycles. The van der Waals surface area contributed by atoms with Crippen molar-refractivity contribution in [1.82, 2.24) is 5.32 Å². The van der Waals surface area contributed by atoms with Crippen molar-refractivity contribution in [3.8, 4) is 0 Å². The van der Waals surface area contributed by atoms with Crippen LogP contribution in [0, 0.1) is 13.8 Å². The minimum Gasteiger partial charge on any atom is -0.391 e. The molecule has 1 fully saturated rings. The van der Waals surface area contributed by atoms with Gasteiger partial charge in [0.2, 0.25) is 0 Å². The van der Waals surface area contributed by atoms with Crippen LogP contribution in [0.15, 0.2) is 18.2 Å². The van der Waals surface area contributed by atoms with E-state index in [4.69, 9.17) is 18.0 Å². The molecule has 0 saturated heterocycles. The maximum absolute atomic E-state index is 12.7. The van der Waals surface area contributed by atoms with Crippen molar-refractivity contribution in [3.05, 3.63) is 34.9 Å². The van der Waals surface area contributed by atoms with Crippen molar-refractivity contribution in [3.63, 3.8) is 0 Å². The lowest BCUT2D eigenvalue weighted by atomic mass is 9.89. The van der Waals surface area contributed by atoms with Crippen molar-refractivity contribution in [2.24, 2.45) is 5.73 Å². The molecule has 4 heteroatoms. The molecule has 3 N–H and O–H groups in total. The zero-order valence-electron chi connectivity index (χ0n) is 12.9. The van der Waals surface area contributed by atoms with Gasteiger partial charge in [-0.1, -0.05) is 55.6 Å². The number of amides is 1. The number of hydrogen-bond acceptors (Lipinski definition) is 2. The minimum absolute atomic E-state index is 0.0640. The first-order chi connectivity index (χ1) is 9.94. The van der Waals surface area contributed by atoms with Crippen LogP contribution in [0.2, 0.25) is 0 Å². The van der Waals surface area contributed by atoms with E-state index in [-0.39, 0.29) is 5.91 Å². The Hall–Kier alpha value is -1.42. The van der Waals surface area contributed by atoms with Crippen LogP contribution >= 0.6 is 12.2 Å². The van der Waals surface area contributed by atoms with Crippen molar-refractivity contribution < 1.29 is 4.79 Å². The second-order valence-corrected chi connectivity index (χ2v) is 6.57. The summed E-state index contributed by atoms with van der Waals surface area (Å²) in [5.41, 5.74) is 8.24. The molecule has 1 aromatic rings. The van der Waals surface area contributed by atoms with Crippen molar-refractivity contribution in [1.29, 1.82) is 0 Å². The number of nitrogens with two attached hydrogens (primary N) is 1. The van der Waals surface area contributed by atoms with Gasteiger partial charge in [0.25, 0.3) is 5.91 Å². The third-order valence-electron chi connectivity index (χ3n) is 4.42. The van der Waals surface area contributed by atoms with Gasteiger partial charge in [-0.25, -0.2) is 0 Å². The fourth-order valence-electron chi connectivity index (χ4n) is 3.03. The van der Waals surface area contributed by atoms with Crippen molar-refractivity contribution in [2.45, 2.75) is 57.9 Å². The van der Waals surface area contributed by atoms with Crippen LogP contribution in [0.4, 0.5) is 0 Å². The second-order valence-electron chi connectivity index (χ2n) is 6.13. The minimum atomic E-state index is -0.515. The summed E-state index contributed by atoms with van der Waals surface area (Å²) in [5.74, 6) is -0.0640. The topological polar surface area (TPSA) is 55.1 Å². The molecular weight excluding hydrogens is 280 g/mol. The number of carbonyl (C=O) groups is 1. The number of carbonyl (C=O) groups excluding carboxylic acids is 1. The summed E-state index contributed by atoms with van der Waals surface area (Å²) in [6.45, 7) is 3.94. The highest BCUT2D eigenvalue weighted by Crippen LogP contribution is 2.28. The van der Waals surface area contributed by atoms with E-state index in [2.05, 4.69) is 5.32 Å². The highest BCUT2D eigenvalue weighted by atomic mass is 32.1. The first kappa shape index (κ1) is 16.0. The Morgan fingerprint density at radius 2 is 1.81 bits per heavy atom. The summed E-state index contributed by atoms with van der Waals surface area (Å²) in [7, 11) is 0. The Kier molecular flexibility index (Phi) is 4.99. The highest BCUT2D eigenvalue weighted by molar-refractivity contribution is 7.80. The Labute approximate surface area is 132 Å². The largest absolute Gasteiger partial charge is 0.391 e. The van der Waals surface area contributed by atoms with E-state index in [9.17, 15) is 4.79 Å². The monoisotopic (exact) mass is 304 g/mol. The Morgan fingerprint density at radius 3 is 2.38 bits per heavy atom. The molecule has 0 spiro atoms. The first-order valence-electron chi connectivity index (χ1n) is 7.64. The molecule has 21 heavy (non-hydrogen) atoms. The second kappa shape index (κ2) is 6.56. The quantitative estimate of drug-likeness (QED) is 0.664. The molecule has 0 bridgehead atoms. The lowest BCUT2D eigenvalue weighted by molar-refractivity contribution is 0.0917. The van der Waals surface area contributed by atoms with E-state index in [1.807, 2.05) is 32.0 Å². The summed E-state index contributed by atoms with van der Waals surface area (Å²) in [6, 6.07) is 5.92. The normalized spacial score (nSPS) is 17.8. The standard InChI is InChI=1S/C17H24N2OS/c1-12-7-8-13(2)14(11-12)15(20)19-17(16(18)21)9-5-3-4-6-10-17/h7-8,11H,3-6,9-10H2,1-2H3,(H2,18,21)(H,19,20). The third-order valence-corrected chi connectivity index (χ3v) is 4.81. The maximum atomic E-state index is 12.7. The first-order valence-corrected chi connectivity index (χ1v) is 8.05. The van der Waals surface area contributed by atoms with Gasteiger partial charge in [-0.05, 0) is 38.3 Å². The molecule has 3 nitrogen and oxygen atoms in total. The van der Waals surface area contributed by atoms with E-state index < -0.39 is 5.54 Å². The molecule has 0 atom stereocenters. The number of aryl methyl sites for hydroxylation is 2. The fourth-order valence-corrected chi connectivity index (χ4v) is 3.29. The van der Waals surface area contributed by atoms with E-state index in [0.717, 1.165) is 42.4 Å². The van der Waals surface area contributed by atoms with Crippen LogP contribution < -0.4 is 11.1 Å². The molecule has 114 valence electrons. The average Bonchev–Trinajstić information content (AvgIpc) is 2.68. The molecule has 0 unspecified atom stereocenters. The maximum Gasteiger partial charge on any atom is 0.252 e. The Balaban J connectivity index is 2.26. The molecule has 1 aliphatic rings. The summed E-state index contributed by atoms with van der Waals surface area (Å²) in [5, 5.41) is 3.15. The van der Waals surface area contributed by atoms with E-state index in [1.54, 1.807) is 0 Å². The average molecular weight is 304 g/mol. The molecule has 1 amide bonds. The van der Waals surface area contributed by atoms with Gasteiger partial charge in [0.15, 0.2) is 0 Å². The van der Waals surface area contributed by atoms with Crippen LogP contribution in [-0.4, -0.2) is 16.4 Å². The predicted molar refractivity (Wildman–Crippen MR) is 90.6 cm³/mol. The van der Waals surface area contributed by atoms with E-state index in [0.29, 0.717) is 4.99 Å². The third kappa shape index (κ3) is 3.62. The number of hydrogen-bond donors (Lipinski definition) is 2. The SMILES string of the molecule is Cc1ccc(C)c(C(=O)NC2(C(N)=S)CCCCCC2)c1. The van der Waals surface area contributed by atoms with E-state index in [1.165, 1.54) is 12.8 Å². The van der Waals surface area contributed by atoms with Crippen molar-refractivity contribution >= 4 is 23.1 Å². The molecule has 0 aliphatic heterocycles. The van der Waals surface area contributed by atoms with Gasteiger partial charge in [-0.3, -0.25) is 4.79 Å². The fraction of sp³-hybridized carbons (Fsp3) is 0.529. The smallest absolute Gasteiger partial charge is 0.252 e. The van der Waals surface area contributed by atoms with Gasteiger partial charge in [0.1, 0.15) is 0 Å². The summed E-state index contributed by atoms with van der Waals surface area (Å²) < 4.78 is 0. The van der Waals surface area contributed by atoms with Crippen LogP contribution in [-0.2, 0) is 0 Å². The Morgan fingerprint density at radius 1 is 1.19 bits per heavy atom. The van der Waals surface area contributed by atoms with Crippen LogP contribution in [0.5, 0.6) is 0 Å². The van der Waals surface area contributed by atoms with Gasteiger partial charge in [-0.15, -0.1) is 0 Å². The number of benzene rings is 1. The molecule has 1 saturated carbocycles. The van der Waals surface area contributed by atoms with Gasteiger partial charge in [0, 0.05) is 5.56 Å². The summed E-state index contributed by atoms with van der Waals surface area (Å²) in [6.07, 6.45) is 6.18. The van der Waals surface area contributed by atoms with Crippen molar-refractivity contribution in [2.75, 3.05) is 0 Å². The van der Waals surface area contributed by atoms with Gasteiger partial charge < -0.3 is 11.1 Å². The number of thiocarbonyl (C=S) groups is 1. The molecule has 0 radical (unpaired) electrons. The predicted octanol–water partition coefficient (Wildman–Crippen LogP) is 3.41. The van der Waals surface area contributed by atoms with Crippen LogP contribution in [0.25, 0.3) is 0 Å². The lowest BCUT2D eigenvalue weighted by Gasteiger charge is -2.33. The van der Waals surface area contributed by atoms with Crippen LogP contribution in [0.3, 0.4) is 0 Å². The molecule has 1 aliphatic carbocycles. The zero-order chi connectivity index (χ0) is 15.5. The van der Waals surface area contributed by atoms with Gasteiger partial charge in [0.05, 0.1) is 10.5 Å². The molecular formula is C17H24N2OS. The highest BCUT2D eigenvalue weighted by Gasteiger charge is 2.35. The Bertz CT molecular complexity index is 546. The summed E-state index contributed by atoms with van der Waals surface area (Å²) >= 11 is 5.28. The van der Waals surface area contributed by atoms with Gasteiger partial charge in [-0.2, -0.15) is 0 Å². The number of nitrogens with one attached hydrogen (secondary N) is 1. The van der Waals surface area contributed by atoms with E-state index >= 15 is 0 Å². The van der Waals surface area contributed by atoms with Crippen LogP contribution in [0.1, 0.15) is 60.0 Å². The summed E-state index contributed by atoms with van der Waals surface area (Å²) in [4.78, 5) is 13.1. The lowest BCUT2D eigenvalue weighted by Crippen LogP contribution is -2.56. The zero-order valence-corrected chi connectivity index (χ0v) is 13.7. The molecule has 0 heterocycles.